The van der Waals surface area contributed by atoms with E-state index in [2.05, 4.69) is 41.4 Å². The summed E-state index contributed by atoms with van der Waals surface area (Å²) in [5.74, 6) is 1.28. The van der Waals surface area contributed by atoms with Gasteiger partial charge < -0.3 is 19.9 Å². The van der Waals surface area contributed by atoms with Crippen molar-refractivity contribution in [3.63, 3.8) is 0 Å². The maximum atomic E-state index is 11.9. The van der Waals surface area contributed by atoms with Crippen LogP contribution in [0.4, 0.5) is 0 Å². The molecule has 3 saturated heterocycles. The van der Waals surface area contributed by atoms with E-state index in [4.69, 9.17) is 9.73 Å². The molecule has 3 fully saturated rings. The molecule has 1 aromatic carbocycles. The van der Waals surface area contributed by atoms with Crippen LogP contribution in [0.3, 0.4) is 0 Å². The average molecular weight is 512 g/mol. The molecule has 6 nitrogen and oxygen atoms in total. The topological polar surface area (TPSA) is 57.2 Å². The van der Waals surface area contributed by atoms with E-state index in [1.807, 2.05) is 4.90 Å². The van der Waals surface area contributed by atoms with E-state index in [-0.39, 0.29) is 29.9 Å². The number of benzene rings is 1. The van der Waals surface area contributed by atoms with Gasteiger partial charge in [0.1, 0.15) is 0 Å². The first kappa shape index (κ1) is 22.3. The number of halogens is 1. The number of likely N-dealkylation sites (tertiary alicyclic amines) is 2. The normalized spacial score (nSPS) is 24.4. The van der Waals surface area contributed by atoms with Gasteiger partial charge in [-0.05, 0) is 37.3 Å². The Bertz CT molecular complexity index is 733. The van der Waals surface area contributed by atoms with Crippen molar-refractivity contribution < 1.29 is 9.53 Å². The number of amides is 1. The number of hydrogen-bond acceptors (Lipinski definition) is 3. The minimum atomic E-state index is 0. The number of hydrogen-bond donors (Lipinski definition) is 1. The van der Waals surface area contributed by atoms with Crippen molar-refractivity contribution in [2.45, 2.75) is 45.7 Å². The number of ether oxygens (including phenoxy) is 1. The maximum absolute atomic E-state index is 11.9. The molecule has 1 atom stereocenters. The summed E-state index contributed by atoms with van der Waals surface area (Å²) in [4.78, 5) is 21.2. The second-order valence-corrected chi connectivity index (χ2v) is 8.38. The van der Waals surface area contributed by atoms with E-state index in [9.17, 15) is 4.79 Å². The summed E-state index contributed by atoms with van der Waals surface area (Å²) < 4.78 is 5.66. The molecule has 1 N–H and O–H groups in total. The van der Waals surface area contributed by atoms with Crippen LogP contribution in [-0.4, -0.2) is 61.1 Å². The standard InChI is InChI=1S/C22H32N4O2.HI/c1-2-23-21(26-11-8-22(16-26)9-12-28-17-22)24-14-18-5-3-6-19(13-18)15-25-10-4-7-20(25)27;/h3,5-6,13H,2,4,7-12,14-17H2,1H3,(H,23,24);1H. The summed E-state index contributed by atoms with van der Waals surface area (Å²) in [5, 5.41) is 3.46. The highest BCUT2D eigenvalue weighted by molar-refractivity contribution is 14.0. The van der Waals surface area contributed by atoms with Crippen molar-refractivity contribution >= 4 is 35.8 Å². The molecule has 1 spiro atoms. The van der Waals surface area contributed by atoms with E-state index in [0.29, 0.717) is 24.9 Å². The Morgan fingerprint density at radius 1 is 1.28 bits per heavy atom. The van der Waals surface area contributed by atoms with Crippen LogP contribution in [0.5, 0.6) is 0 Å². The molecule has 0 bridgehead atoms. The van der Waals surface area contributed by atoms with Crippen LogP contribution in [0.2, 0.25) is 0 Å². The first-order valence-corrected chi connectivity index (χ1v) is 10.6. The van der Waals surface area contributed by atoms with Gasteiger partial charge in [0, 0.05) is 51.2 Å². The van der Waals surface area contributed by atoms with Crippen molar-refractivity contribution in [1.82, 2.24) is 15.1 Å². The lowest BCUT2D eigenvalue weighted by Gasteiger charge is -2.25. The summed E-state index contributed by atoms with van der Waals surface area (Å²) in [6.45, 7) is 9.11. The van der Waals surface area contributed by atoms with Crippen molar-refractivity contribution in [2.24, 2.45) is 10.4 Å². The molecule has 3 heterocycles. The Morgan fingerprint density at radius 2 is 2.14 bits per heavy atom. The number of carbonyl (C=O) groups excluding carboxylic acids is 1. The van der Waals surface area contributed by atoms with Gasteiger partial charge in [-0.2, -0.15) is 0 Å². The fourth-order valence-corrected chi connectivity index (χ4v) is 4.60. The van der Waals surface area contributed by atoms with Crippen LogP contribution < -0.4 is 5.32 Å². The van der Waals surface area contributed by atoms with Gasteiger partial charge >= 0.3 is 0 Å². The zero-order valence-corrected chi connectivity index (χ0v) is 19.7. The first-order chi connectivity index (χ1) is 13.7. The van der Waals surface area contributed by atoms with Crippen LogP contribution in [0.15, 0.2) is 29.3 Å². The van der Waals surface area contributed by atoms with E-state index >= 15 is 0 Å². The zero-order chi connectivity index (χ0) is 19.4. The predicted octanol–water partition coefficient (Wildman–Crippen LogP) is 3.00. The molecule has 1 aromatic rings. The van der Waals surface area contributed by atoms with E-state index in [0.717, 1.165) is 51.8 Å². The minimum Gasteiger partial charge on any atom is -0.381 e. The number of nitrogens with one attached hydrogen (secondary N) is 1. The molecule has 29 heavy (non-hydrogen) atoms. The Labute approximate surface area is 191 Å². The van der Waals surface area contributed by atoms with Gasteiger partial charge in [0.15, 0.2) is 5.96 Å². The minimum absolute atomic E-state index is 0. The first-order valence-electron chi connectivity index (χ1n) is 10.6. The Hall–Kier alpha value is -1.35. The van der Waals surface area contributed by atoms with Crippen molar-refractivity contribution in [3.8, 4) is 0 Å². The molecule has 1 unspecified atom stereocenters. The number of nitrogens with zero attached hydrogens (tertiary/aromatic N) is 3. The molecular formula is C22H33IN4O2. The number of rotatable bonds is 5. The van der Waals surface area contributed by atoms with Gasteiger partial charge in [0.2, 0.25) is 5.91 Å². The number of aliphatic imine (C=N–C) groups is 1. The molecule has 3 aliphatic heterocycles. The fraction of sp³-hybridized carbons (Fsp3) is 0.636. The maximum Gasteiger partial charge on any atom is 0.222 e. The number of carbonyl (C=O) groups is 1. The third kappa shape index (κ3) is 5.42. The van der Waals surface area contributed by atoms with Crippen LogP contribution in [0.1, 0.15) is 43.7 Å². The molecule has 7 heteroatoms. The molecule has 160 valence electrons. The van der Waals surface area contributed by atoms with Crippen LogP contribution in [0.25, 0.3) is 0 Å². The smallest absolute Gasteiger partial charge is 0.222 e. The lowest BCUT2D eigenvalue weighted by molar-refractivity contribution is -0.128. The highest BCUT2D eigenvalue weighted by Crippen LogP contribution is 2.38. The lowest BCUT2D eigenvalue weighted by atomic mass is 9.87. The molecule has 0 aromatic heterocycles. The Balaban J connectivity index is 0.00000240. The predicted molar refractivity (Wildman–Crippen MR) is 125 cm³/mol. The monoisotopic (exact) mass is 512 g/mol. The summed E-state index contributed by atoms with van der Waals surface area (Å²) in [7, 11) is 0. The lowest BCUT2D eigenvalue weighted by Crippen LogP contribution is -2.41. The van der Waals surface area contributed by atoms with Gasteiger partial charge in [0.25, 0.3) is 0 Å². The van der Waals surface area contributed by atoms with Crippen LogP contribution in [0, 0.1) is 5.41 Å². The highest BCUT2D eigenvalue weighted by atomic mass is 127. The summed E-state index contributed by atoms with van der Waals surface area (Å²) in [6, 6.07) is 8.50. The quantitative estimate of drug-likeness (QED) is 0.375. The second kappa shape index (κ2) is 10.1. The summed E-state index contributed by atoms with van der Waals surface area (Å²) in [6.07, 6.45) is 4.03. The van der Waals surface area contributed by atoms with E-state index < -0.39 is 0 Å². The van der Waals surface area contributed by atoms with Crippen molar-refractivity contribution in [1.29, 1.82) is 0 Å². The largest absolute Gasteiger partial charge is 0.381 e. The van der Waals surface area contributed by atoms with Crippen LogP contribution >= 0.6 is 24.0 Å². The van der Waals surface area contributed by atoms with Gasteiger partial charge in [-0.25, -0.2) is 4.99 Å². The molecule has 4 rings (SSSR count). The summed E-state index contributed by atoms with van der Waals surface area (Å²) >= 11 is 0. The van der Waals surface area contributed by atoms with Gasteiger partial charge in [-0.15, -0.1) is 24.0 Å². The zero-order valence-electron chi connectivity index (χ0n) is 17.4. The molecule has 0 radical (unpaired) electrons. The highest BCUT2D eigenvalue weighted by Gasteiger charge is 2.42. The van der Waals surface area contributed by atoms with Gasteiger partial charge in [0.05, 0.1) is 13.2 Å². The summed E-state index contributed by atoms with van der Waals surface area (Å²) in [5.41, 5.74) is 2.71. The second-order valence-electron chi connectivity index (χ2n) is 8.38. The van der Waals surface area contributed by atoms with Gasteiger partial charge in [-0.1, -0.05) is 24.3 Å². The molecule has 0 aliphatic carbocycles. The molecular weight excluding hydrogens is 479 g/mol. The Morgan fingerprint density at radius 3 is 2.86 bits per heavy atom. The van der Waals surface area contributed by atoms with Crippen molar-refractivity contribution in [3.05, 3.63) is 35.4 Å². The number of guanidine groups is 1. The average Bonchev–Trinajstić information content (AvgIpc) is 3.43. The third-order valence-electron chi connectivity index (χ3n) is 6.21. The molecule has 1 amide bonds. The Kier molecular flexibility index (Phi) is 7.79. The fourth-order valence-electron chi connectivity index (χ4n) is 4.60. The van der Waals surface area contributed by atoms with Gasteiger partial charge in [-0.3, -0.25) is 4.79 Å². The molecule has 0 saturated carbocycles. The van der Waals surface area contributed by atoms with E-state index in [1.165, 1.54) is 24.0 Å². The molecule has 3 aliphatic rings. The van der Waals surface area contributed by atoms with Crippen molar-refractivity contribution in [2.75, 3.05) is 39.4 Å². The third-order valence-corrected chi connectivity index (χ3v) is 6.21. The van der Waals surface area contributed by atoms with E-state index in [1.54, 1.807) is 0 Å². The van der Waals surface area contributed by atoms with Crippen LogP contribution in [-0.2, 0) is 22.6 Å². The SMILES string of the molecule is CCNC(=NCc1cccc(CN2CCCC2=O)c1)N1CCC2(CCOC2)C1.I.